The molecule has 0 fully saturated rings. The predicted molar refractivity (Wildman–Crippen MR) is 54.9 cm³/mol. The van der Waals surface area contributed by atoms with Gasteiger partial charge in [-0.3, -0.25) is 4.68 Å². The molecule has 0 aliphatic heterocycles. The van der Waals surface area contributed by atoms with Gasteiger partial charge in [-0.25, -0.2) is 0 Å². The third-order valence-corrected chi connectivity index (χ3v) is 2.24. The van der Waals surface area contributed by atoms with E-state index in [9.17, 15) is 0 Å². The van der Waals surface area contributed by atoms with Gasteiger partial charge in [0.15, 0.2) is 5.17 Å². The van der Waals surface area contributed by atoms with E-state index >= 15 is 0 Å². The van der Waals surface area contributed by atoms with Gasteiger partial charge in [0.05, 0.1) is 5.52 Å². The molecule has 0 spiro atoms. The van der Waals surface area contributed by atoms with Crippen molar-refractivity contribution in [2.45, 2.75) is 0 Å². The highest BCUT2D eigenvalue weighted by atomic mass is 35.5. The van der Waals surface area contributed by atoms with Crippen LogP contribution in [0, 0.1) is 0 Å². The molecule has 0 atom stereocenters. The first-order chi connectivity index (χ1) is 6.70. The lowest BCUT2D eigenvalue weighted by Crippen LogP contribution is -1.90. The van der Waals surface area contributed by atoms with E-state index in [4.69, 9.17) is 16.8 Å². The Balaban J connectivity index is 2.61. The summed E-state index contributed by atoms with van der Waals surface area (Å²) < 4.78 is 1.72. The molecule has 4 nitrogen and oxygen atoms in total. The molecular weight excluding hydrogens is 202 g/mol. The Hall–Kier alpha value is -1.55. The lowest BCUT2D eigenvalue weighted by molar-refractivity contribution is 0.321. The minimum absolute atomic E-state index is 0.0672. The zero-order valence-electron chi connectivity index (χ0n) is 7.48. The first kappa shape index (κ1) is 9.02. The topological polar surface area (TPSA) is 50.4 Å². The number of halogens is 1. The van der Waals surface area contributed by atoms with Crippen molar-refractivity contribution in [1.29, 1.82) is 0 Å². The smallest absolute Gasteiger partial charge is 0.175 e. The molecule has 0 saturated carbocycles. The van der Waals surface area contributed by atoms with Crippen molar-refractivity contribution >= 4 is 27.7 Å². The molecular formula is C9H8ClN3O. The van der Waals surface area contributed by atoms with E-state index in [1.165, 1.54) is 0 Å². The van der Waals surface area contributed by atoms with Crippen molar-refractivity contribution in [1.82, 2.24) is 9.78 Å². The molecule has 14 heavy (non-hydrogen) atoms. The molecule has 2 rings (SSSR count). The summed E-state index contributed by atoms with van der Waals surface area (Å²) in [5, 5.41) is 16.7. The molecule has 0 saturated heterocycles. The van der Waals surface area contributed by atoms with Crippen LogP contribution in [0.15, 0.2) is 29.6 Å². The zero-order chi connectivity index (χ0) is 10.1. The SMILES string of the molecule is Cn1cc2ccc(/C(Cl)=N/O)cc2n1. The van der Waals surface area contributed by atoms with E-state index < -0.39 is 0 Å². The van der Waals surface area contributed by atoms with Gasteiger partial charge in [-0.2, -0.15) is 5.10 Å². The fourth-order valence-corrected chi connectivity index (χ4v) is 1.44. The fourth-order valence-electron chi connectivity index (χ4n) is 1.33. The van der Waals surface area contributed by atoms with Crippen LogP contribution in [0.2, 0.25) is 0 Å². The highest BCUT2D eigenvalue weighted by molar-refractivity contribution is 6.69. The second-order valence-corrected chi connectivity index (χ2v) is 3.33. The molecule has 5 heteroatoms. The van der Waals surface area contributed by atoms with Gasteiger partial charge in [-0.15, -0.1) is 0 Å². The number of benzene rings is 1. The van der Waals surface area contributed by atoms with E-state index in [2.05, 4.69) is 10.3 Å². The quantitative estimate of drug-likeness (QED) is 0.443. The van der Waals surface area contributed by atoms with Gasteiger partial charge in [0.2, 0.25) is 0 Å². The first-order valence-corrected chi connectivity index (χ1v) is 4.40. The normalized spacial score (nSPS) is 12.3. The molecule has 0 amide bonds. The number of aromatic nitrogens is 2. The van der Waals surface area contributed by atoms with Crippen molar-refractivity contribution in [3.8, 4) is 0 Å². The Labute approximate surface area is 85.4 Å². The Bertz CT molecular complexity index is 504. The van der Waals surface area contributed by atoms with Crippen LogP contribution in [-0.4, -0.2) is 20.2 Å². The minimum Gasteiger partial charge on any atom is -0.410 e. The van der Waals surface area contributed by atoms with Crippen molar-refractivity contribution in [3.63, 3.8) is 0 Å². The van der Waals surface area contributed by atoms with Crippen LogP contribution in [0.3, 0.4) is 0 Å². The van der Waals surface area contributed by atoms with Crippen molar-refractivity contribution in [2.24, 2.45) is 12.2 Å². The number of rotatable bonds is 1. The summed E-state index contributed by atoms with van der Waals surface area (Å²) in [6, 6.07) is 5.44. The van der Waals surface area contributed by atoms with Crippen LogP contribution in [0.1, 0.15) is 5.56 Å². The van der Waals surface area contributed by atoms with Gasteiger partial charge in [0.25, 0.3) is 0 Å². The molecule has 0 unspecified atom stereocenters. The Kier molecular flexibility index (Phi) is 2.13. The number of hydrogen-bond donors (Lipinski definition) is 1. The lowest BCUT2D eigenvalue weighted by Gasteiger charge is -1.94. The molecule has 1 heterocycles. The fraction of sp³-hybridized carbons (Fsp3) is 0.111. The van der Waals surface area contributed by atoms with Gasteiger partial charge >= 0.3 is 0 Å². The van der Waals surface area contributed by atoms with Crippen LogP contribution in [0.4, 0.5) is 0 Å². The Morgan fingerprint density at radius 1 is 1.57 bits per heavy atom. The molecule has 0 aliphatic rings. The number of fused-ring (bicyclic) bond motifs is 1. The number of oxime groups is 1. The van der Waals surface area contributed by atoms with Crippen LogP contribution in [-0.2, 0) is 7.05 Å². The molecule has 1 aromatic heterocycles. The predicted octanol–water partition coefficient (Wildman–Crippen LogP) is 1.95. The lowest BCUT2D eigenvalue weighted by atomic mass is 10.2. The van der Waals surface area contributed by atoms with Crippen LogP contribution >= 0.6 is 11.6 Å². The zero-order valence-corrected chi connectivity index (χ0v) is 8.23. The average Bonchev–Trinajstić information content (AvgIpc) is 2.55. The largest absolute Gasteiger partial charge is 0.410 e. The Morgan fingerprint density at radius 2 is 2.36 bits per heavy atom. The number of nitrogens with zero attached hydrogens (tertiary/aromatic N) is 3. The summed E-state index contributed by atoms with van der Waals surface area (Å²) >= 11 is 5.66. The van der Waals surface area contributed by atoms with Gasteiger partial charge < -0.3 is 5.21 Å². The highest BCUT2D eigenvalue weighted by Gasteiger charge is 2.03. The second-order valence-electron chi connectivity index (χ2n) is 2.97. The van der Waals surface area contributed by atoms with E-state index in [0.717, 1.165) is 10.9 Å². The van der Waals surface area contributed by atoms with E-state index in [1.54, 1.807) is 16.8 Å². The van der Waals surface area contributed by atoms with Gasteiger partial charge in [-0.05, 0) is 6.07 Å². The third-order valence-electron chi connectivity index (χ3n) is 1.95. The van der Waals surface area contributed by atoms with Crippen LogP contribution in [0.5, 0.6) is 0 Å². The van der Waals surface area contributed by atoms with E-state index in [1.807, 2.05) is 19.3 Å². The molecule has 1 aromatic carbocycles. The maximum Gasteiger partial charge on any atom is 0.175 e. The molecule has 72 valence electrons. The first-order valence-electron chi connectivity index (χ1n) is 4.02. The van der Waals surface area contributed by atoms with Crippen molar-refractivity contribution in [3.05, 3.63) is 30.0 Å². The molecule has 1 N–H and O–H groups in total. The van der Waals surface area contributed by atoms with Gasteiger partial charge in [0, 0.05) is 24.2 Å². The molecule has 0 aliphatic carbocycles. The summed E-state index contributed by atoms with van der Waals surface area (Å²) in [7, 11) is 1.85. The minimum atomic E-state index is 0.0672. The van der Waals surface area contributed by atoms with Gasteiger partial charge in [-0.1, -0.05) is 28.9 Å². The number of hydrogen-bond acceptors (Lipinski definition) is 3. The summed E-state index contributed by atoms with van der Waals surface area (Å²) in [6.45, 7) is 0. The van der Waals surface area contributed by atoms with Crippen molar-refractivity contribution in [2.75, 3.05) is 0 Å². The van der Waals surface area contributed by atoms with Crippen LogP contribution < -0.4 is 0 Å². The highest BCUT2D eigenvalue weighted by Crippen LogP contribution is 2.15. The third kappa shape index (κ3) is 1.44. The summed E-state index contributed by atoms with van der Waals surface area (Å²) in [6.07, 6.45) is 1.91. The number of aryl methyl sites for hydroxylation is 1. The molecule has 0 bridgehead atoms. The standard InChI is InChI=1S/C9H8ClN3O/c1-13-5-7-3-2-6(9(10)12-14)4-8(7)11-13/h2-5,14H,1H3/b12-9-. The average molecular weight is 210 g/mol. The maximum atomic E-state index is 8.50. The maximum absolute atomic E-state index is 8.50. The van der Waals surface area contributed by atoms with Gasteiger partial charge in [0.1, 0.15) is 0 Å². The van der Waals surface area contributed by atoms with E-state index in [-0.39, 0.29) is 5.17 Å². The summed E-state index contributed by atoms with van der Waals surface area (Å²) in [5.74, 6) is 0. The summed E-state index contributed by atoms with van der Waals surface area (Å²) in [4.78, 5) is 0. The van der Waals surface area contributed by atoms with E-state index in [0.29, 0.717) is 5.56 Å². The van der Waals surface area contributed by atoms with Crippen molar-refractivity contribution < 1.29 is 5.21 Å². The second kappa shape index (κ2) is 3.31. The summed E-state index contributed by atoms with van der Waals surface area (Å²) in [5.41, 5.74) is 1.48. The van der Waals surface area contributed by atoms with Crippen LogP contribution in [0.25, 0.3) is 10.9 Å². The molecule has 0 radical (unpaired) electrons. The molecule has 2 aromatic rings. The Morgan fingerprint density at radius 3 is 3.07 bits per heavy atom. The monoisotopic (exact) mass is 209 g/mol.